The standard InChI is InChI=1S/C15H24N2O/c1-11(2)12(3)9-16-10-13-5-4-6-14-15(13)18-8-7-17-14/h4-6,11-12,16-17H,7-10H2,1-3H3. The van der Waals surface area contributed by atoms with E-state index < -0.39 is 0 Å². The third-order valence-corrected chi connectivity index (χ3v) is 3.68. The van der Waals surface area contributed by atoms with Crippen LogP contribution in [0.4, 0.5) is 5.69 Å². The second-order valence-electron chi connectivity index (χ2n) is 5.42. The van der Waals surface area contributed by atoms with Gasteiger partial charge in [-0.1, -0.05) is 32.9 Å². The summed E-state index contributed by atoms with van der Waals surface area (Å²) in [6.45, 7) is 10.4. The lowest BCUT2D eigenvalue weighted by Crippen LogP contribution is -2.25. The fourth-order valence-corrected chi connectivity index (χ4v) is 2.04. The van der Waals surface area contributed by atoms with Crippen LogP contribution in [0.5, 0.6) is 5.75 Å². The molecule has 3 heteroatoms. The molecule has 0 spiro atoms. The number of hydrogen-bond donors (Lipinski definition) is 2. The van der Waals surface area contributed by atoms with E-state index in [9.17, 15) is 0 Å². The minimum Gasteiger partial charge on any atom is -0.489 e. The van der Waals surface area contributed by atoms with Gasteiger partial charge in [0.2, 0.25) is 0 Å². The molecule has 18 heavy (non-hydrogen) atoms. The molecule has 1 aromatic rings. The van der Waals surface area contributed by atoms with E-state index in [0.29, 0.717) is 5.92 Å². The van der Waals surface area contributed by atoms with Crippen molar-refractivity contribution >= 4 is 5.69 Å². The number of nitrogens with one attached hydrogen (secondary N) is 2. The first-order chi connectivity index (χ1) is 8.68. The summed E-state index contributed by atoms with van der Waals surface area (Å²) in [6.07, 6.45) is 0. The molecule has 0 amide bonds. The molecule has 1 unspecified atom stereocenters. The smallest absolute Gasteiger partial charge is 0.146 e. The third-order valence-electron chi connectivity index (χ3n) is 3.68. The highest BCUT2D eigenvalue weighted by Gasteiger charge is 2.13. The minimum atomic E-state index is 0.698. The van der Waals surface area contributed by atoms with Gasteiger partial charge in [-0.15, -0.1) is 0 Å². The summed E-state index contributed by atoms with van der Waals surface area (Å²) in [5.41, 5.74) is 2.37. The van der Waals surface area contributed by atoms with Gasteiger partial charge >= 0.3 is 0 Å². The van der Waals surface area contributed by atoms with E-state index in [0.717, 1.165) is 43.6 Å². The van der Waals surface area contributed by atoms with Crippen LogP contribution in [0.3, 0.4) is 0 Å². The van der Waals surface area contributed by atoms with Crippen LogP contribution in [0.25, 0.3) is 0 Å². The average Bonchev–Trinajstić information content (AvgIpc) is 2.38. The van der Waals surface area contributed by atoms with Gasteiger partial charge in [0.15, 0.2) is 0 Å². The second-order valence-corrected chi connectivity index (χ2v) is 5.42. The van der Waals surface area contributed by atoms with Crippen LogP contribution in [0.1, 0.15) is 26.3 Å². The summed E-state index contributed by atoms with van der Waals surface area (Å²) in [5, 5.41) is 6.89. The molecular weight excluding hydrogens is 224 g/mol. The summed E-state index contributed by atoms with van der Waals surface area (Å²) in [7, 11) is 0. The molecule has 2 rings (SSSR count). The number of benzene rings is 1. The van der Waals surface area contributed by atoms with Crippen molar-refractivity contribution in [2.75, 3.05) is 25.0 Å². The zero-order valence-corrected chi connectivity index (χ0v) is 11.6. The molecule has 2 N–H and O–H groups in total. The van der Waals surface area contributed by atoms with E-state index in [1.165, 1.54) is 5.56 Å². The lowest BCUT2D eigenvalue weighted by molar-refractivity contribution is 0.317. The van der Waals surface area contributed by atoms with E-state index in [1.54, 1.807) is 0 Å². The Bertz CT molecular complexity index is 390. The summed E-state index contributed by atoms with van der Waals surface area (Å²) in [4.78, 5) is 0. The van der Waals surface area contributed by atoms with Crippen LogP contribution >= 0.6 is 0 Å². The maximum absolute atomic E-state index is 5.76. The molecule has 1 aliphatic rings. The van der Waals surface area contributed by atoms with E-state index in [-0.39, 0.29) is 0 Å². The van der Waals surface area contributed by atoms with Crippen molar-refractivity contribution in [3.05, 3.63) is 23.8 Å². The predicted octanol–water partition coefficient (Wildman–Crippen LogP) is 2.87. The van der Waals surface area contributed by atoms with Crippen LogP contribution in [0, 0.1) is 11.8 Å². The largest absolute Gasteiger partial charge is 0.489 e. The zero-order valence-electron chi connectivity index (χ0n) is 11.6. The van der Waals surface area contributed by atoms with Crippen molar-refractivity contribution in [2.45, 2.75) is 27.3 Å². The average molecular weight is 248 g/mol. The molecule has 0 fully saturated rings. The summed E-state index contributed by atoms with van der Waals surface area (Å²) >= 11 is 0. The van der Waals surface area contributed by atoms with Gasteiger partial charge < -0.3 is 15.4 Å². The number of para-hydroxylation sites is 1. The van der Waals surface area contributed by atoms with Gasteiger partial charge in [-0.25, -0.2) is 0 Å². The van der Waals surface area contributed by atoms with Gasteiger partial charge in [0.25, 0.3) is 0 Å². The molecule has 0 saturated carbocycles. The van der Waals surface area contributed by atoms with Crippen LogP contribution < -0.4 is 15.4 Å². The Hall–Kier alpha value is -1.22. The lowest BCUT2D eigenvalue weighted by Gasteiger charge is -2.22. The van der Waals surface area contributed by atoms with E-state index >= 15 is 0 Å². The van der Waals surface area contributed by atoms with Crippen LogP contribution in [0.2, 0.25) is 0 Å². The van der Waals surface area contributed by atoms with Crippen LogP contribution in [0.15, 0.2) is 18.2 Å². The van der Waals surface area contributed by atoms with Crippen LogP contribution in [-0.4, -0.2) is 19.7 Å². The lowest BCUT2D eigenvalue weighted by atomic mass is 9.98. The molecule has 0 radical (unpaired) electrons. The molecular formula is C15H24N2O. The molecule has 1 aliphatic heterocycles. The predicted molar refractivity (Wildman–Crippen MR) is 76.1 cm³/mol. The first kappa shape index (κ1) is 13.2. The Morgan fingerprint density at radius 1 is 1.33 bits per heavy atom. The maximum atomic E-state index is 5.76. The highest BCUT2D eigenvalue weighted by Crippen LogP contribution is 2.31. The SMILES string of the molecule is CC(C)C(C)CNCc1cccc2c1OCCN2. The van der Waals surface area contributed by atoms with Gasteiger partial charge in [-0.2, -0.15) is 0 Å². The highest BCUT2D eigenvalue weighted by molar-refractivity contribution is 5.61. The first-order valence-electron chi connectivity index (χ1n) is 6.87. The van der Waals surface area contributed by atoms with Crippen molar-refractivity contribution in [1.29, 1.82) is 0 Å². The van der Waals surface area contributed by atoms with Gasteiger partial charge in [-0.3, -0.25) is 0 Å². The monoisotopic (exact) mass is 248 g/mol. The quantitative estimate of drug-likeness (QED) is 0.840. The maximum Gasteiger partial charge on any atom is 0.146 e. The van der Waals surface area contributed by atoms with Crippen LogP contribution in [-0.2, 0) is 6.54 Å². The molecule has 1 heterocycles. The summed E-state index contributed by atoms with van der Waals surface area (Å²) < 4.78 is 5.76. The Morgan fingerprint density at radius 2 is 2.17 bits per heavy atom. The van der Waals surface area contributed by atoms with Crippen molar-refractivity contribution in [3.63, 3.8) is 0 Å². The minimum absolute atomic E-state index is 0.698. The Balaban J connectivity index is 1.93. The normalized spacial score (nSPS) is 15.8. The van der Waals surface area contributed by atoms with E-state index in [2.05, 4.69) is 49.6 Å². The molecule has 0 saturated heterocycles. The summed E-state index contributed by atoms with van der Waals surface area (Å²) in [6, 6.07) is 6.30. The number of rotatable bonds is 5. The first-order valence-corrected chi connectivity index (χ1v) is 6.87. The topological polar surface area (TPSA) is 33.3 Å². The Labute approximate surface area is 110 Å². The molecule has 1 atom stereocenters. The number of ether oxygens (including phenoxy) is 1. The Kier molecular flexibility index (Phi) is 4.48. The van der Waals surface area contributed by atoms with Gasteiger partial charge in [0.05, 0.1) is 5.69 Å². The Morgan fingerprint density at radius 3 is 2.94 bits per heavy atom. The second kappa shape index (κ2) is 6.10. The molecule has 3 nitrogen and oxygen atoms in total. The molecule has 0 aromatic heterocycles. The molecule has 0 bridgehead atoms. The van der Waals surface area contributed by atoms with Gasteiger partial charge in [0, 0.05) is 18.7 Å². The van der Waals surface area contributed by atoms with Gasteiger partial charge in [-0.05, 0) is 24.4 Å². The molecule has 0 aliphatic carbocycles. The summed E-state index contributed by atoms with van der Waals surface area (Å²) in [5.74, 6) is 2.44. The van der Waals surface area contributed by atoms with E-state index in [1.807, 2.05) is 0 Å². The highest BCUT2D eigenvalue weighted by atomic mass is 16.5. The van der Waals surface area contributed by atoms with Gasteiger partial charge in [0.1, 0.15) is 12.4 Å². The molecule has 1 aromatic carbocycles. The zero-order chi connectivity index (χ0) is 13.0. The van der Waals surface area contributed by atoms with E-state index in [4.69, 9.17) is 4.74 Å². The van der Waals surface area contributed by atoms with Crippen molar-refractivity contribution in [2.24, 2.45) is 11.8 Å². The third kappa shape index (κ3) is 3.16. The fourth-order valence-electron chi connectivity index (χ4n) is 2.04. The number of anilines is 1. The van der Waals surface area contributed by atoms with Crippen molar-refractivity contribution in [1.82, 2.24) is 5.32 Å². The number of fused-ring (bicyclic) bond motifs is 1. The van der Waals surface area contributed by atoms with Crippen molar-refractivity contribution < 1.29 is 4.74 Å². The fraction of sp³-hybridized carbons (Fsp3) is 0.600. The van der Waals surface area contributed by atoms with Crippen molar-refractivity contribution in [3.8, 4) is 5.75 Å². The number of hydrogen-bond acceptors (Lipinski definition) is 3. The molecule has 100 valence electrons.